The summed E-state index contributed by atoms with van der Waals surface area (Å²) in [5.41, 5.74) is 3.76. The Morgan fingerprint density at radius 2 is 1.95 bits per heavy atom. The number of anilines is 1. The lowest BCUT2D eigenvalue weighted by Gasteiger charge is -2.24. The highest BCUT2D eigenvalue weighted by molar-refractivity contribution is 9.10. The van der Waals surface area contributed by atoms with Gasteiger partial charge in [0.05, 0.1) is 7.11 Å². The molecule has 0 radical (unpaired) electrons. The van der Waals surface area contributed by atoms with Crippen molar-refractivity contribution in [3.8, 4) is 5.75 Å². The number of benzene rings is 2. The Labute approximate surface area is 129 Å². The predicted octanol–water partition coefficient (Wildman–Crippen LogP) is 4.79. The van der Waals surface area contributed by atoms with E-state index in [1.54, 1.807) is 7.11 Å². The van der Waals surface area contributed by atoms with Crippen LogP contribution in [0.2, 0.25) is 0 Å². The van der Waals surface area contributed by atoms with Crippen LogP contribution in [0.4, 0.5) is 5.69 Å². The van der Waals surface area contributed by atoms with E-state index < -0.39 is 0 Å². The molecule has 2 nitrogen and oxygen atoms in total. The normalized spacial score (nSPS) is 10.4. The summed E-state index contributed by atoms with van der Waals surface area (Å²) in [7, 11) is 1.70. The first kappa shape index (κ1) is 14.9. The number of aryl methyl sites for hydroxylation is 1. The van der Waals surface area contributed by atoms with E-state index in [1.165, 1.54) is 16.8 Å². The summed E-state index contributed by atoms with van der Waals surface area (Å²) in [6.45, 7) is 6.13. The van der Waals surface area contributed by atoms with Gasteiger partial charge in [-0.3, -0.25) is 0 Å². The largest absolute Gasteiger partial charge is 0.497 e. The Morgan fingerprint density at radius 3 is 2.60 bits per heavy atom. The minimum absolute atomic E-state index is 0.859. The molecule has 106 valence electrons. The monoisotopic (exact) mass is 333 g/mol. The van der Waals surface area contributed by atoms with E-state index in [-0.39, 0.29) is 0 Å². The third kappa shape index (κ3) is 3.54. The van der Waals surface area contributed by atoms with Gasteiger partial charge in [0, 0.05) is 23.2 Å². The van der Waals surface area contributed by atoms with Gasteiger partial charge in [0.2, 0.25) is 0 Å². The molecule has 0 saturated carbocycles. The van der Waals surface area contributed by atoms with Gasteiger partial charge >= 0.3 is 0 Å². The van der Waals surface area contributed by atoms with E-state index in [4.69, 9.17) is 4.74 Å². The molecule has 0 N–H and O–H groups in total. The summed E-state index contributed by atoms with van der Waals surface area (Å²) in [6.07, 6.45) is 0. The number of nitrogens with zero attached hydrogens (tertiary/aromatic N) is 1. The second-order valence-electron chi connectivity index (χ2n) is 4.81. The van der Waals surface area contributed by atoms with Gasteiger partial charge in [-0.25, -0.2) is 0 Å². The van der Waals surface area contributed by atoms with E-state index in [2.05, 4.69) is 65.0 Å². The van der Waals surface area contributed by atoms with Gasteiger partial charge in [0.25, 0.3) is 0 Å². The van der Waals surface area contributed by atoms with Gasteiger partial charge in [0.1, 0.15) is 5.75 Å². The number of rotatable bonds is 5. The van der Waals surface area contributed by atoms with Crippen molar-refractivity contribution in [3.63, 3.8) is 0 Å². The van der Waals surface area contributed by atoms with Gasteiger partial charge < -0.3 is 9.64 Å². The molecule has 0 heterocycles. The maximum Gasteiger partial charge on any atom is 0.119 e. The number of methoxy groups -OCH3 is 1. The van der Waals surface area contributed by atoms with Crippen molar-refractivity contribution in [3.05, 3.63) is 58.1 Å². The average Bonchev–Trinajstić information content (AvgIpc) is 2.46. The molecule has 0 aliphatic heterocycles. The van der Waals surface area contributed by atoms with Crippen LogP contribution in [0.5, 0.6) is 5.75 Å². The van der Waals surface area contributed by atoms with E-state index in [1.807, 2.05) is 12.1 Å². The zero-order valence-electron chi connectivity index (χ0n) is 12.2. The third-order valence-corrected chi connectivity index (χ3v) is 4.14. The minimum atomic E-state index is 0.859. The highest BCUT2D eigenvalue weighted by Crippen LogP contribution is 2.26. The molecule has 0 atom stereocenters. The van der Waals surface area contributed by atoms with Gasteiger partial charge in [-0.15, -0.1) is 0 Å². The number of hydrogen-bond donors (Lipinski definition) is 0. The average molecular weight is 334 g/mol. The molecule has 0 aliphatic rings. The van der Waals surface area contributed by atoms with Crippen molar-refractivity contribution >= 4 is 21.6 Å². The van der Waals surface area contributed by atoms with Crippen molar-refractivity contribution in [1.82, 2.24) is 0 Å². The smallest absolute Gasteiger partial charge is 0.119 e. The van der Waals surface area contributed by atoms with Gasteiger partial charge in [-0.05, 0) is 55.3 Å². The lowest BCUT2D eigenvalue weighted by atomic mass is 10.1. The molecular formula is C17H20BrNO. The molecule has 0 fully saturated rings. The third-order valence-electron chi connectivity index (χ3n) is 3.36. The van der Waals surface area contributed by atoms with Crippen LogP contribution in [-0.4, -0.2) is 13.7 Å². The first-order valence-electron chi connectivity index (χ1n) is 6.78. The fourth-order valence-corrected chi connectivity index (χ4v) is 2.59. The summed E-state index contributed by atoms with van der Waals surface area (Å²) in [5, 5.41) is 0. The van der Waals surface area contributed by atoms with E-state index in [9.17, 15) is 0 Å². The molecule has 3 heteroatoms. The Bertz CT molecular complexity index is 583. The van der Waals surface area contributed by atoms with Crippen LogP contribution in [0.15, 0.2) is 46.9 Å². The molecule has 0 aliphatic carbocycles. The first-order valence-corrected chi connectivity index (χ1v) is 7.57. The quantitative estimate of drug-likeness (QED) is 0.779. The molecule has 2 aromatic carbocycles. The van der Waals surface area contributed by atoms with E-state index in [0.29, 0.717) is 0 Å². The van der Waals surface area contributed by atoms with Crippen molar-refractivity contribution in [2.24, 2.45) is 0 Å². The number of halogens is 1. The zero-order chi connectivity index (χ0) is 14.5. The second kappa shape index (κ2) is 6.80. The Kier molecular flexibility index (Phi) is 5.07. The molecule has 0 amide bonds. The van der Waals surface area contributed by atoms with Crippen molar-refractivity contribution in [2.45, 2.75) is 20.4 Å². The minimum Gasteiger partial charge on any atom is -0.497 e. The molecule has 2 rings (SSSR count). The highest BCUT2D eigenvalue weighted by atomic mass is 79.9. The Morgan fingerprint density at radius 1 is 1.15 bits per heavy atom. The van der Waals surface area contributed by atoms with Crippen molar-refractivity contribution in [1.29, 1.82) is 0 Å². The number of ether oxygens (including phenoxy) is 1. The topological polar surface area (TPSA) is 12.5 Å². The summed E-state index contributed by atoms with van der Waals surface area (Å²) in [6, 6.07) is 14.7. The summed E-state index contributed by atoms with van der Waals surface area (Å²) in [5.74, 6) is 0.892. The van der Waals surface area contributed by atoms with Crippen LogP contribution >= 0.6 is 15.9 Å². The molecule has 2 aromatic rings. The maximum absolute atomic E-state index is 5.31. The van der Waals surface area contributed by atoms with Crippen LogP contribution in [0, 0.1) is 6.92 Å². The zero-order valence-corrected chi connectivity index (χ0v) is 13.8. The lowest BCUT2D eigenvalue weighted by molar-refractivity contribution is 0.414. The molecule has 0 aromatic heterocycles. The summed E-state index contributed by atoms with van der Waals surface area (Å²) < 4.78 is 6.43. The molecule has 0 unspecified atom stereocenters. The summed E-state index contributed by atoms with van der Waals surface area (Å²) in [4.78, 5) is 2.35. The standard InChI is InChI=1S/C17H20BrNO/c1-4-19(15-7-5-6-13(2)10-15)12-14-11-16(20-3)8-9-17(14)18/h5-11H,4,12H2,1-3H3. The maximum atomic E-state index is 5.31. The lowest BCUT2D eigenvalue weighted by Crippen LogP contribution is -2.22. The van der Waals surface area contributed by atoms with Gasteiger partial charge in [-0.2, -0.15) is 0 Å². The van der Waals surface area contributed by atoms with Crippen LogP contribution < -0.4 is 9.64 Å². The van der Waals surface area contributed by atoms with Crippen molar-refractivity contribution in [2.75, 3.05) is 18.6 Å². The Balaban J connectivity index is 2.26. The SMILES string of the molecule is CCN(Cc1cc(OC)ccc1Br)c1cccc(C)c1. The highest BCUT2D eigenvalue weighted by Gasteiger charge is 2.09. The first-order chi connectivity index (χ1) is 9.63. The van der Waals surface area contributed by atoms with Crippen LogP contribution in [0.1, 0.15) is 18.1 Å². The molecule has 20 heavy (non-hydrogen) atoms. The van der Waals surface area contributed by atoms with Crippen LogP contribution in [0.3, 0.4) is 0 Å². The molecular weight excluding hydrogens is 314 g/mol. The molecule has 0 saturated heterocycles. The van der Waals surface area contributed by atoms with E-state index in [0.717, 1.165) is 23.3 Å². The summed E-state index contributed by atoms with van der Waals surface area (Å²) >= 11 is 3.62. The molecule has 0 spiro atoms. The second-order valence-corrected chi connectivity index (χ2v) is 5.66. The van der Waals surface area contributed by atoms with Crippen molar-refractivity contribution < 1.29 is 4.74 Å². The Hall–Kier alpha value is -1.48. The molecule has 0 bridgehead atoms. The van der Waals surface area contributed by atoms with Crippen LogP contribution in [0.25, 0.3) is 0 Å². The van der Waals surface area contributed by atoms with Crippen LogP contribution in [-0.2, 0) is 6.54 Å². The van der Waals surface area contributed by atoms with Gasteiger partial charge in [0.15, 0.2) is 0 Å². The number of hydrogen-bond acceptors (Lipinski definition) is 2. The fourth-order valence-electron chi connectivity index (χ4n) is 2.22. The fraction of sp³-hybridized carbons (Fsp3) is 0.294. The van der Waals surface area contributed by atoms with E-state index >= 15 is 0 Å². The predicted molar refractivity (Wildman–Crippen MR) is 88.6 cm³/mol. The van der Waals surface area contributed by atoms with Gasteiger partial charge in [-0.1, -0.05) is 28.1 Å².